The van der Waals surface area contributed by atoms with Crippen molar-refractivity contribution in [2.24, 2.45) is 0 Å². The van der Waals surface area contributed by atoms with Gasteiger partial charge in [-0.05, 0) is 20.9 Å². The Morgan fingerprint density at radius 2 is 1.89 bits per heavy atom. The number of carbonyl (C=O) groups excluding carboxylic acids is 2. The van der Waals surface area contributed by atoms with Crippen LogP contribution in [0.15, 0.2) is 0 Å². The fourth-order valence-corrected chi connectivity index (χ4v) is 1.82. The molecule has 0 spiro atoms. The second-order valence-electron chi connectivity index (χ2n) is 4.59. The van der Waals surface area contributed by atoms with Crippen LogP contribution in [0.3, 0.4) is 0 Å². The molecule has 0 aromatic heterocycles. The molecule has 1 aliphatic rings. The third-order valence-electron chi connectivity index (χ3n) is 3.01. The van der Waals surface area contributed by atoms with Crippen LogP contribution in [-0.4, -0.2) is 67.5 Å². The molecule has 0 amide bonds. The average molecular weight is 257 g/mol. The molecule has 104 valence electrons. The summed E-state index contributed by atoms with van der Waals surface area (Å²) in [4.78, 5) is 25.2. The summed E-state index contributed by atoms with van der Waals surface area (Å²) in [7, 11) is 2.07. The standard InChI is InChI=1S/C12H23N3O3/c1-4-18-12(17)9-11(10(2)16)13-15-7-5-14(3)6-8-15/h11,13H,4-9H2,1-3H3. The number of hydrogen-bond donors (Lipinski definition) is 1. The van der Waals surface area contributed by atoms with E-state index >= 15 is 0 Å². The van der Waals surface area contributed by atoms with Gasteiger partial charge in [-0.3, -0.25) is 9.59 Å². The van der Waals surface area contributed by atoms with Crippen molar-refractivity contribution in [1.82, 2.24) is 15.3 Å². The Balaban J connectivity index is 2.42. The topological polar surface area (TPSA) is 61.9 Å². The van der Waals surface area contributed by atoms with Crippen LogP contribution in [0.1, 0.15) is 20.3 Å². The minimum absolute atomic E-state index is 0.0398. The highest BCUT2D eigenvalue weighted by molar-refractivity contribution is 5.86. The Morgan fingerprint density at radius 1 is 1.28 bits per heavy atom. The highest BCUT2D eigenvalue weighted by Crippen LogP contribution is 2.02. The molecule has 0 aliphatic carbocycles. The van der Waals surface area contributed by atoms with Crippen molar-refractivity contribution in [1.29, 1.82) is 0 Å². The predicted octanol–water partition coefficient (Wildman–Crippen LogP) is -0.351. The molecule has 1 atom stereocenters. The third kappa shape index (κ3) is 5.12. The molecule has 0 radical (unpaired) electrons. The van der Waals surface area contributed by atoms with Gasteiger partial charge in [0.15, 0.2) is 0 Å². The molecule has 0 saturated carbocycles. The van der Waals surface area contributed by atoms with Gasteiger partial charge in [0.05, 0.1) is 19.1 Å². The zero-order valence-electron chi connectivity index (χ0n) is 11.4. The first-order valence-corrected chi connectivity index (χ1v) is 6.38. The fourth-order valence-electron chi connectivity index (χ4n) is 1.82. The summed E-state index contributed by atoms with van der Waals surface area (Å²) in [6, 6.07) is -0.479. The van der Waals surface area contributed by atoms with Crippen molar-refractivity contribution in [3.63, 3.8) is 0 Å². The molecule has 1 aliphatic heterocycles. The first kappa shape index (κ1) is 15.1. The smallest absolute Gasteiger partial charge is 0.307 e. The van der Waals surface area contributed by atoms with Crippen molar-refractivity contribution in [2.75, 3.05) is 39.8 Å². The normalized spacial score (nSPS) is 19.5. The fraction of sp³-hybridized carbons (Fsp3) is 0.833. The van der Waals surface area contributed by atoms with E-state index in [-0.39, 0.29) is 18.2 Å². The van der Waals surface area contributed by atoms with Crippen LogP contribution in [0.25, 0.3) is 0 Å². The summed E-state index contributed by atoms with van der Waals surface area (Å²) >= 11 is 0. The maximum Gasteiger partial charge on any atom is 0.307 e. The zero-order chi connectivity index (χ0) is 13.5. The molecule has 1 unspecified atom stereocenters. The van der Waals surface area contributed by atoms with Crippen LogP contribution in [0.5, 0.6) is 0 Å². The minimum atomic E-state index is -0.479. The summed E-state index contributed by atoms with van der Waals surface area (Å²) < 4.78 is 4.87. The number of nitrogens with zero attached hydrogens (tertiary/aromatic N) is 2. The largest absolute Gasteiger partial charge is 0.466 e. The van der Waals surface area contributed by atoms with E-state index in [0.717, 1.165) is 26.2 Å². The molecule has 1 saturated heterocycles. The number of rotatable bonds is 6. The van der Waals surface area contributed by atoms with Gasteiger partial charge in [-0.1, -0.05) is 0 Å². The summed E-state index contributed by atoms with van der Waals surface area (Å²) in [5, 5.41) is 2.01. The van der Waals surface area contributed by atoms with E-state index in [9.17, 15) is 9.59 Å². The lowest BCUT2D eigenvalue weighted by atomic mass is 10.1. The first-order chi connectivity index (χ1) is 8.52. The van der Waals surface area contributed by atoms with Gasteiger partial charge in [-0.25, -0.2) is 10.4 Å². The summed E-state index contributed by atoms with van der Waals surface area (Å²) in [5.41, 5.74) is 3.12. The van der Waals surface area contributed by atoms with E-state index in [1.54, 1.807) is 6.92 Å². The minimum Gasteiger partial charge on any atom is -0.466 e. The van der Waals surface area contributed by atoms with Crippen LogP contribution >= 0.6 is 0 Å². The maximum absolute atomic E-state index is 11.5. The monoisotopic (exact) mass is 257 g/mol. The summed E-state index contributed by atoms with van der Waals surface area (Å²) in [6.45, 7) is 7.21. The molecule has 0 aromatic rings. The number of ketones is 1. The Morgan fingerprint density at radius 3 is 2.39 bits per heavy atom. The van der Waals surface area contributed by atoms with E-state index in [4.69, 9.17) is 4.74 Å². The van der Waals surface area contributed by atoms with E-state index in [1.165, 1.54) is 6.92 Å². The number of hydrogen-bond acceptors (Lipinski definition) is 6. The van der Waals surface area contributed by atoms with Gasteiger partial charge < -0.3 is 9.64 Å². The molecule has 1 rings (SSSR count). The zero-order valence-corrected chi connectivity index (χ0v) is 11.4. The molecule has 1 fully saturated rings. The Labute approximate surface area is 108 Å². The average Bonchev–Trinajstić information content (AvgIpc) is 2.31. The molecular formula is C12H23N3O3. The van der Waals surface area contributed by atoms with Crippen LogP contribution in [0.4, 0.5) is 0 Å². The Hall–Kier alpha value is -0.980. The lowest BCUT2D eigenvalue weighted by Crippen LogP contribution is -2.55. The molecule has 18 heavy (non-hydrogen) atoms. The van der Waals surface area contributed by atoms with Crippen molar-refractivity contribution in [3.8, 4) is 0 Å². The molecule has 1 heterocycles. The van der Waals surface area contributed by atoms with Gasteiger partial charge in [0.2, 0.25) is 0 Å². The van der Waals surface area contributed by atoms with Crippen LogP contribution < -0.4 is 5.43 Å². The highest BCUT2D eigenvalue weighted by atomic mass is 16.5. The predicted molar refractivity (Wildman–Crippen MR) is 67.9 cm³/mol. The highest BCUT2D eigenvalue weighted by Gasteiger charge is 2.23. The number of hydrazine groups is 1. The summed E-state index contributed by atoms with van der Waals surface area (Å²) in [6.07, 6.45) is 0.0928. The number of likely N-dealkylation sites (N-methyl/N-ethyl adjacent to an activating group) is 1. The molecule has 1 N–H and O–H groups in total. The van der Waals surface area contributed by atoms with Gasteiger partial charge in [0, 0.05) is 26.2 Å². The van der Waals surface area contributed by atoms with Crippen molar-refractivity contribution in [3.05, 3.63) is 0 Å². The lowest BCUT2D eigenvalue weighted by Gasteiger charge is -2.34. The van der Waals surface area contributed by atoms with Crippen molar-refractivity contribution in [2.45, 2.75) is 26.3 Å². The third-order valence-corrected chi connectivity index (χ3v) is 3.01. The number of esters is 1. The second-order valence-corrected chi connectivity index (χ2v) is 4.59. The van der Waals surface area contributed by atoms with E-state index in [1.807, 2.05) is 5.01 Å². The van der Waals surface area contributed by atoms with Crippen molar-refractivity contribution >= 4 is 11.8 Å². The van der Waals surface area contributed by atoms with E-state index in [0.29, 0.717) is 6.61 Å². The quantitative estimate of drug-likeness (QED) is 0.656. The second kappa shape index (κ2) is 7.45. The van der Waals surface area contributed by atoms with Gasteiger partial charge in [0.1, 0.15) is 5.78 Å². The lowest BCUT2D eigenvalue weighted by molar-refractivity contribution is -0.145. The van der Waals surface area contributed by atoms with Gasteiger partial charge >= 0.3 is 5.97 Å². The molecular weight excluding hydrogens is 234 g/mol. The molecule has 0 aromatic carbocycles. The van der Waals surface area contributed by atoms with E-state index < -0.39 is 6.04 Å². The van der Waals surface area contributed by atoms with Crippen LogP contribution in [0.2, 0.25) is 0 Å². The first-order valence-electron chi connectivity index (χ1n) is 6.38. The van der Waals surface area contributed by atoms with E-state index in [2.05, 4.69) is 17.4 Å². The maximum atomic E-state index is 11.5. The van der Waals surface area contributed by atoms with Gasteiger partial charge in [-0.15, -0.1) is 0 Å². The SMILES string of the molecule is CCOC(=O)CC(NN1CCN(C)CC1)C(C)=O. The number of ether oxygens (including phenoxy) is 1. The molecule has 0 bridgehead atoms. The molecule has 6 nitrogen and oxygen atoms in total. The number of Topliss-reactive ketones (excluding diaryl/α,β-unsaturated/α-hetero) is 1. The van der Waals surface area contributed by atoms with Crippen molar-refractivity contribution < 1.29 is 14.3 Å². The van der Waals surface area contributed by atoms with Gasteiger partial charge in [0.25, 0.3) is 0 Å². The Kier molecular flexibility index (Phi) is 6.24. The number of nitrogens with one attached hydrogen (secondary N) is 1. The number of piperazine rings is 1. The molecule has 6 heteroatoms. The number of carbonyl (C=O) groups is 2. The Bertz CT molecular complexity index is 288. The summed E-state index contributed by atoms with van der Waals surface area (Å²) in [5.74, 6) is -0.374. The van der Waals surface area contributed by atoms with Gasteiger partial charge in [-0.2, -0.15) is 0 Å². The van der Waals surface area contributed by atoms with Crippen LogP contribution in [-0.2, 0) is 14.3 Å². The van der Waals surface area contributed by atoms with Crippen LogP contribution in [0, 0.1) is 0 Å².